The Balaban J connectivity index is 2.12. The van der Waals surface area contributed by atoms with Crippen LogP contribution in [0.4, 0.5) is 5.69 Å². The summed E-state index contributed by atoms with van der Waals surface area (Å²) in [5.74, 6) is -0.923. The first-order valence-corrected chi connectivity index (χ1v) is 8.06. The van der Waals surface area contributed by atoms with Crippen molar-refractivity contribution in [3.05, 3.63) is 62.7 Å². The highest BCUT2D eigenvalue weighted by atomic mass is 35.5. The first-order chi connectivity index (χ1) is 13.3. The quantitative estimate of drug-likeness (QED) is 0.388. The van der Waals surface area contributed by atoms with E-state index in [-0.39, 0.29) is 34.4 Å². The minimum Gasteiger partial charge on any atom is -0.493 e. The van der Waals surface area contributed by atoms with Crippen LogP contribution in [-0.2, 0) is 4.79 Å². The number of hydrazone groups is 1. The molecule has 0 radical (unpaired) electrons. The number of methoxy groups -OCH3 is 1. The van der Waals surface area contributed by atoms with Gasteiger partial charge in [-0.2, -0.15) is 5.10 Å². The first kappa shape index (κ1) is 20.6. The molecule has 0 saturated carbocycles. The van der Waals surface area contributed by atoms with Gasteiger partial charge in [-0.15, -0.1) is 0 Å². The van der Waals surface area contributed by atoms with E-state index in [0.717, 1.165) is 6.07 Å². The van der Waals surface area contributed by atoms with Gasteiger partial charge in [-0.1, -0.05) is 17.7 Å². The van der Waals surface area contributed by atoms with E-state index in [1.54, 1.807) is 0 Å². The lowest BCUT2D eigenvalue weighted by molar-refractivity contribution is -0.384. The average Bonchev–Trinajstić information content (AvgIpc) is 2.66. The Morgan fingerprint density at radius 1 is 1.36 bits per heavy atom. The fraction of sp³-hybridized carbons (Fsp3) is 0.118. The number of benzene rings is 2. The number of halogens is 1. The van der Waals surface area contributed by atoms with Crippen LogP contribution in [0.5, 0.6) is 11.5 Å². The zero-order valence-corrected chi connectivity index (χ0v) is 15.3. The Morgan fingerprint density at radius 3 is 2.75 bits per heavy atom. The number of nitrogens with zero attached hydrogens (tertiary/aromatic N) is 2. The third kappa shape index (κ3) is 5.42. The van der Waals surface area contributed by atoms with Gasteiger partial charge in [-0.05, 0) is 23.8 Å². The molecule has 0 heterocycles. The maximum absolute atomic E-state index is 12.0. The molecule has 0 aliphatic rings. The number of amides is 2. The fourth-order valence-electron chi connectivity index (χ4n) is 2.09. The standard InChI is InChI=1S/C17H15ClN4O6/c1-27-14-6-10(5-13(18)16(14)28-9-15(19)23)8-20-21-17(24)11-3-2-4-12(7-11)22(25)26/h2-8H,9H2,1H3,(H2,19,23)(H,21,24)/b20-8+. The maximum atomic E-state index is 12.0. The molecule has 0 atom stereocenters. The molecule has 0 aliphatic carbocycles. The molecule has 2 amide bonds. The van der Waals surface area contributed by atoms with Crippen molar-refractivity contribution in [2.24, 2.45) is 10.8 Å². The van der Waals surface area contributed by atoms with Gasteiger partial charge >= 0.3 is 0 Å². The molecule has 2 rings (SSSR count). The highest BCUT2D eigenvalue weighted by molar-refractivity contribution is 6.32. The van der Waals surface area contributed by atoms with Crippen molar-refractivity contribution in [1.29, 1.82) is 0 Å². The lowest BCUT2D eigenvalue weighted by Gasteiger charge is -2.12. The number of nitrogens with two attached hydrogens (primary N) is 1. The molecule has 10 nitrogen and oxygen atoms in total. The number of ether oxygens (including phenoxy) is 2. The van der Waals surface area contributed by atoms with Gasteiger partial charge in [-0.3, -0.25) is 19.7 Å². The van der Waals surface area contributed by atoms with Gasteiger partial charge in [0, 0.05) is 17.7 Å². The van der Waals surface area contributed by atoms with Crippen LogP contribution in [0.2, 0.25) is 5.02 Å². The van der Waals surface area contributed by atoms with Gasteiger partial charge in [0.05, 0.1) is 23.3 Å². The van der Waals surface area contributed by atoms with Gasteiger partial charge in [-0.25, -0.2) is 5.43 Å². The van der Waals surface area contributed by atoms with Crippen molar-refractivity contribution >= 4 is 35.3 Å². The van der Waals surface area contributed by atoms with E-state index in [4.69, 9.17) is 26.8 Å². The molecule has 0 bridgehead atoms. The number of nitro benzene ring substituents is 1. The number of hydrogen-bond donors (Lipinski definition) is 2. The number of nitrogens with one attached hydrogen (secondary N) is 1. The number of carbonyl (C=O) groups is 2. The van der Waals surface area contributed by atoms with Crippen molar-refractivity contribution in [3.63, 3.8) is 0 Å². The van der Waals surface area contributed by atoms with Crippen LogP contribution in [0.3, 0.4) is 0 Å². The van der Waals surface area contributed by atoms with Crippen molar-refractivity contribution in [2.75, 3.05) is 13.7 Å². The number of non-ortho nitro benzene ring substituents is 1. The summed E-state index contributed by atoms with van der Waals surface area (Å²) in [7, 11) is 1.38. The Hall–Kier alpha value is -3.66. The summed E-state index contributed by atoms with van der Waals surface area (Å²) in [5, 5.41) is 14.7. The maximum Gasteiger partial charge on any atom is 0.271 e. The lowest BCUT2D eigenvalue weighted by Crippen LogP contribution is -2.20. The van der Waals surface area contributed by atoms with Gasteiger partial charge < -0.3 is 15.2 Å². The second-order valence-electron chi connectivity index (χ2n) is 5.30. The highest BCUT2D eigenvalue weighted by Gasteiger charge is 2.13. The summed E-state index contributed by atoms with van der Waals surface area (Å²) in [6.45, 7) is -0.372. The van der Waals surface area contributed by atoms with Gasteiger partial charge in [0.25, 0.3) is 17.5 Å². The molecule has 28 heavy (non-hydrogen) atoms. The normalized spacial score (nSPS) is 10.5. The van der Waals surface area contributed by atoms with Crippen LogP contribution in [-0.4, -0.2) is 36.7 Å². The van der Waals surface area contributed by atoms with Crippen LogP contribution >= 0.6 is 11.6 Å². The van der Waals surface area contributed by atoms with E-state index in [0.29, 0.717) is 5.56 Å². The highest BCUT2D eigenvalue weighted by Crippen LogP contribution is 2.36. The average molecular weight is 407 g/mol. The SMILES string of the molecule is COc1cc(/C=N/NC(=O)c2cccc([N+](=O)[O-])c2)cc(Cl)c1OCC(N)=O. The number of carbonyl (C=O) groups excluding carboxylic acids is 2. The van der Waals surface area contributed by atoms with Crippen molar-refractivity contribution < 1.29 is 24.0 Å². The second kappa shape index (κ2) is 9.33. The zero-order valence-electron chi connectivity index (χ0n) is 14.5. The van der Waals surface area contributed by atoms with Crippen molar-refractivity contribution in [3.8, 4) is 11.5 Å². The number of hydrogen-bond acceptors (Lipinski definition) is 7. The third-order valence-electron chi connectivity index (χ3n) is 3.31. The third-order valence-corrected chi connectivity index (χ3v) is 3.59. The van der Waals surface area contributed by atoms with Crippen LogP contribution in [0.15, 0.2) is 41.5 Å². The molecule has 0 saturated heterocycles. The van der Waals surface area contributed by atoms with E-state index in [9.17, 15) is 19.7 Å². The molecule has 2 aromatic carbocycles. The van der Waals surface area contributed by atoms with E-state index in [1.165, 1.54) is 43.7 Å². The molecule has 0 fully saturated rings. The summed E-state index contributed by atoms with van der Waals surface area (Å²) in [6, 6.07) is 8.22. The zero-order chi connectivity index (χ0) is 20.7. The minimum absolute atomic E-state index is 0.0807. The molecule has 11 heteroatoms. The van der Waals surface area contributed by atoms with Gasteiger partial charge in [0.15, 0.2) is 18.1 Å². The topological polar surface area (TPSA) is 146 Å². The molecular formula is C17H15ClN4O6. The molecule has 0 aromatic heterocycles. The van der Waals surface area contributed by atoms with Crippen molar-refractivity contribution in [1.82, 2.24) is 5.43 Å². The van der Waals surface area contributed by atoms with E-state index in [2.05, 4.69) is 10.5 Å². The van der Waals surface area contributed by atoms with E-state index >= 15 is 0 Å². The molecule has 2 aromatic rings. The smallest absolute Gasteiger partial charge is 0.271 e. The Bertz CT molecular complexity index is 947. The second-order valence-corrected chi connectivity index (χ2v) is 5.70. The Kier molecular flexibility index (Phi) is 6.88. The van der Waals surface area contributed by atoms with Crippen LogP contribution < -0.4 is 20.6 Å². The summed E-state index contributed by atoms with van der Waals surface area (Å²) in [5.41, 5.74) is 7.63. The van der Waals surface area contributed by atoms with Gasteiger partial charge in [0.1, 0.15) is 0 Å². The monoisotopic (exact) mass is 406 g/mol. The number of rotatable bonds is 8. The Morgan fingerprint density at radius 2 is 2.11 bits per heavy atom. The van der Waals surface area contributed by atoms with E-state index in [1.807, 2.05) is 0 Å². The molecule has 146 valence electrons. The van der Waals surface area contributed by atoms with E-state index < -0.39 is 16.7 Å². The molecule has 3 N–H and O–H groups in total. The summed E-state index contributed by atoms with van der Waals surface area (Å²) >= 11 is 6.11. The molecule has 0 spiro atoms. The van der Waals surface area contributed by atoms with Gasteiger partial charge in [0.2, 0.25) is 0 Å². The summed E-state index contributed by atoms with van der Waals surface area (Å²) in [4.78, 5) is 33.0. The molecular weight excluding hydrogens is 392 g/mol. The lowest BCUT2D eigenvalue weighted by atomic mass is 10.2. The number of nitro groups is 1. The minimum atomic E-state index is -0.674. The Labute approximate surface area is 164 Å². The summed E-state index contributed by atoms with van der Waals surface area (Å²) in [6.07, 6.45) is 1.29. The van der Waals surface area contributed by atoms with Crippen molar-refractivity contribution in [2.45, 2.75) is 0 Å². The predicted octanol–water partition coefficient (Wildman–Crippen LogP) is 1.88. The molecule has 0 aliphatic heterocycles. The van der Waals surface area contributed by atoms with Crippen LogP contribution in [0, 0.1) is 10.1 Å². The first-order valence-electron chi connectivity index (χ1n) is 7.68. The van der Waals surface area contributed by atoms with Crippen LogP contribution in [0.1, 0.15) is 15.9 Å². The fourth-order valence-corrected chi connectivity index (χ4v) is 2.36. The number of primary amides is 1. The molecule has 0 unspecified atom stereocenters. The predicted molar refractivity (Wildman–Crippen MR) is 101 cm³/mol. The van der Waals surface area contributed by atoms with Crippen LogP contribution in [0.25, 0.3) is 0 Å². The largest absolute Gasteiger partial charge is 0.493 e. The summed E-state index contributed by atoms with van der Waals surface area (Å²) < 4.78 is 10.4.